The highest BCUT2D eigenvalue weighted by Gasteiger charge is 2.64. The van der Waals surface area contributed by atoms with E-state index in [1.165, 1.54) is 38.5 Å². The Kier molecular flexibility index (Phi) is 4.88. The summed E-state index contributed by atoms with van der Waals surface area (Å²) >= 11 is 0. The smallest absolute Gasteiger partial charge is 0.226 e. The van der Waals surface area contributed by atoms with Gasteiger partial charge in [-0.15, -0.1) is 0 Å². The van der Waals surface area contributed by atoms with E-state index in [2.05, 4.69) is 38.3 Å². The van der Waals surface area contributed by atoms with E-state index >= 15 is 0 Å². The normalized spacial score (nSPS) is 56.6. The van der Waals surface area contributed by atoms with Crippen LogP contribution in [0.5, 0.6) is 0 Å². The molecule has 200 valence electrons. The van der Waals surface area contributed by atoms with Gasteiger partial charge < -0.3 is 10.6 Å². The van der Waals surface area contributed by atoms with Crippen molar-refractivity contribution in [2.45, 2.75) is 143 Å². The van der Waals surface area contributed by atoms with Crippen molar-refractivity contribution in [3.8, 4) is 0 Å². The maximum absolute atomic E-state index is 14.1. The number of carbonyl (C=O) groups excluding carboxylic acids is 2. The average Bonchev–Trinajstić information content (AvgIpc) is 2.70. The van der Waals surface area contributed by atoms with E-state index in [1.54, 1.807) is 0 Å². The molecule has 9 saturated carbocycles. The zero-order chi connectivity index (χ0) is 25.2. The zero-order valence-corrected chi connectivity index (χ0v) is 23.4. The predicted octanol–water partition coefficient (Wildman–Crippen LogP) is 6.52. The minimum absolute atomic E-state index is 0.101. The van der Waals surface area contributed by atoms with Crippen molar-refractivity contribution in [3.63, 3.8) is 0 Å². The first-order valence-corrected chi connectivity index (χ1v) is 15.4. The Hall–Kier alpha value is -1.06. The molecule has 0 aromatic carbocycles. The van der Waals surface area contributed by atoms with Crippen molar-refractivity contribution in [3.05, 3.63) is 0 Å². The molecule has 8 bridgehead atoms. The van der Waals surface area contributed by atoms with Gasteiger partial charge >= 0.3 is 0 Å². The molecule has 9 rings (SSSR count). The molecule has 2 N–H and O–H groups in total. The van der Waals surface area contributed by atoms with Gasteiger partial charge in [-0.2, -0.15) is 0 Å². The van der Waals surface area contributed by atoms with Crippen molar-refractivity contribution < 1.29 is 9.59 Å². The highest BCUT2D eigenvalue weighted by molar-refractivity contribution is 5.85. The van der Waals surface area contributed by atoms with Crippen LogP contribution in [-0.2, 0) is 9.59 Å². The first-order valence-electron chi connectivity index (χ1n) is 15.4. The number of hydrogen-bond acceptors (Lipinski definition) is 2. The van der Waals surface area contributed by atoms with Gasteiger partial charge in [0.15, 0.2) is 0 Å². The summed E-state index contributed by atoms with van der Waals surface area (Å²) in [5, 5.41) is 7.20. The Bertz CT molecular complexity index is 873. The van der Waals surface area contributed by atoms with Crippen molar-refractivity contribution in [1.82, 2.24) is 10.6 Å². The van der Waals surface area contributed by atoms with Crippen LogP contribution in [0.1, 0.15) is 130 Å². The SMILES string of the molecule is CC12CC3CC(C)(C1)CC(C(=O)NC1CCCCC1NC(=O)C14CC5CC(C)(CC(C)(C5)C1)C4)(C3)C2. The van der Waals surface area contributed by atoms with Crippen molar-refractivity contribution in [1.29, 1.82) is 0 Å². The predicted molar refractivity (Wildman–Crippen MR) is 142 cm³/mol. The summed E-state index contributed by atoms with van der Waals surface area (Å²) < 4.78 is 0. The molecular formula is C32H50N2O2. The van der Waals surface area contributed by atoms with Crippen LogP contribution in [0.4, 0.5) is 0 Å². The summed E-state index contributed by atoms with van der Waals surface area (Å²) in [7, 11) is 0. The third kappa shape index (κ3) is 3.65. The van der Waals surface area contributed by atoms with Crippen LogP contribution < -0.4 is 10.6 Å². The van der Waals surface area contributed by atoms with Gasteiger partial charge in [-0.1, -0.05) is 40.5 Å². The summed E-state index contributed by atoms with van der Waals surface area (Å²) in [4.78, 5) is 28.1. The van der Waals surface area contributed by atoms with E-state index in [4.69, 9.17) is 0 Å². The second-order valence-corrected chi connectivity index (χ2v) is 17.3. The lowest BCUT2D eigenvalue weighted by atomic mass is 9.40. The van der Waals surface area contributed by atoms with Gasteiger partial charge in [0, 0.05) is 12.1 Å². The third-order valence-corrected chi connectivity index (χ3v) is 12.6. The molecule has 0 aromatic rings. The number of carbonyl (C=O) groups is 2. The van der Waals surface area contributed by atoms with Crippen molar-refractivity contribution in [2.24, 2.45) is 44.3 Å². The van der Waals surface area contributed by atoms with Crippen molar-refractivity contribution in [2.75, 3.05) is 0 Å². The highest BCUT2D eigenvalue weighted by atomic mass is 16.2. The Labute approximate surface area is 218 Å². The maximum Gasteiger partial charge on any atom is 0.226 e. The van der Waals surface area contributed by atoms with Crippen LogP contribution in [0.2, 0.25) is 0 Å². The number of rotatable bonds is 4. The Morgan fingerprint density at radius 2 is 0.861 bits per heavy atom. The molecule has 9 fully saturated rings. The van der Waals surface area contributed by atoms with Crippen LogP contribution in [-0.4, -0.2) is 23.9 Å². The Balaban J connectivity index is 1.08. The van der Waals surface area contributed by atoms with Gasteiger partial charge in [0.2, 0.25) is 11.8 Å². The van der Waals surface area contributed by atoms with Gasteiger partial charge in [-0.25, -0.2) is 0 Å². The van der Waals surface area contributed by atoms with E-state index < -0.39 is 0 Å². The van der Waals surface area contributed by atoms with Gasteiger partial charge in [-0.05, 0) is 123 Å². The highest BCUT2D eigenvalue weighted by Crippen LogP contribution is 2.71. The molecule has 0 aliphatic heterocycles. The number of nitrogens with one attached hydrogen (secondary N) is 2. The van der Waals surface area contributed by atoms with Crippen LogP contribution in [0.25, 0.3) is 0 Å². The van der Waals surface area contributed by atoms with Gasteiger partial charge in [0.1, 0.15) is 0 Å². The first-order chi connectivity index (χ1) is 16.8. The lowest BCUT2D eigenvalue weighted by Crippen LogP contribution is -2.64. The van der Waals surface area contributed by atoms with Crippen LogP contribution in [0, 0.1) is 44.3 Å². The van der Waals surface area contributed by atoms with Crippen molar-refractivity contribution >= 4 is 11.8 Å². The molecule has 9 aliphatic carbocycles. The largest absolute Gasteiger partial charge is 0.351 e. The molecule has 0 heterocycles. The summed E-state index contributed by atoms with van der Waals surface area (Å²) in [5.41, 5.74) is 1.04. The molecule has 0 aromatic heterocycles. The van der Waals surface area contributed by atoms with Crippen LogP contribution in [0.15, 0.2) is 0 Å². The summed E-state index contributed by atoms with van der Waals surface area (Å²) in [5.74, 6) is 2.10. The summed E-state index contributed by atoms with van der Waals surface area (Å²) in [6, 6.07) is 0.202. The molecule has 4 nitrogen and oxygen atoms in total. The molecule has 6 unspecified atom stereocenters. The summed E-state index contributed by atoms with van der Waals surface area (Å²) in [6.45, 7) is 9.81. The number of amides is 2. The number of hydrogen-bond donors (Lipinski definition) is 2. The fraction of sp³-hybridized carbons (Fsp3) is 0.938. The molecule has 2 amide bonds. The van der Waals surface area contributed by atoms with Gasteiger partial charge in [0.25, 0.3) is 0 Å². The van der Waals surface area contributed by atoms with Gasteiger partial charge in [0.05, 0.1) is 10.8 Å². The molecule has 6 atom stereocenters. The van der Waals surface area contributed by atoms with E-state index in [9.17, 15) is 9.59 Å². The molecule has 9 aliphatic rings. The summed E-state index contributed by atoms with van der Waals surface area (Å²) in [6.07, 6.45) is 18.7. The van der Waals surface area contributed by atoms with E-state index in [0.717, 1.165) is 76.0 Å². The lowest BCUT2D eigenvalue weighted by molar-refractivity contribution is -0.172. The molecule has 4 heteroatoms. The van der Waals surface area contributed by atoms with Crippen LogP contribution >= 0.6 is 0 Å². The average molecular weight is 495 g/mol. The maximum atomic E-state index is 14.1. The zero-order valence-electron chi connectivity index (χ0n) is 23.4. The lowest BCUT2D eigenvalue weighted by Gasteiger charge is -2.65. The molecule has 36 heavy (non-hydrogen) atoms. The fourth-order valence-corrected chi connectivity index (χ4v) is 13.5. The third-order valence-electron chi connectivity index (χ3n) is 12.6. The first kappa shape index (κ1) is 24.0. The van der Waals surface area contributed by atoms with E-state index in [1.807, 2.05) is 0 Å². The monoisotopic (exact) mass is 494 g/mol. The van der Waals surface area contributed by atoms with Gasteiger partial charge in [-0.3, -0.25) is 9.59 Å². The fourth-order valence-electron chi connectivity index (χ4n) is 13.5. The molecular weight excluding hydrogens is 444 g/mol. The second-order valence-electron chi connectivity index (χ2n) is 17.3. The van der Waals surface area contributed by atoms with E-state index in [0.29, 0.717) is 33.5 Å². The molecule has 0 saturated heterocycles. The molecule has 0 spiro atoms. The quantitative estimate of drug-likeness (QED) is 0.467. The molecule has 0 radical (unpaired) electrons. The van der Waals surface area contributed by atoms with E-state index in [-0.39, 0.29) is 22.9 Å². The second kappa shape index (κ2) is 7.32. The topological polar surface area (TPSA) is 58.2 Å². The standard InChI is InChI=1S/C32H50N2O2/c1-27-9-21-10-28(2,15-27)18-31(13-21,17-27)25(35)33-23-7-5-6-8-24(23)34-26(36)32-14-22-11-29(3,19-32)16-30(4,12-22)20-32/h21-24H,5-20H2,1-4H3,(H,33,35)(H,34,36). The van der Waals surface area contributed by atoms with Crippen LogP contribution in [0.3, 0.4) is 0 Å². The Morgan fingerprint density at radius 3 is 1.17 bits per heavy atom. The Morgan fingerprint density at radius 1 is 0.528 bits per heavy atom. The minimum Gasteiger partial charge on any atom is -0.351 e. The minimum atomic E-state index is -0.169.